The lowest BCUT2D eigenvalue weighted by Gasteiger charge is -2.25. The molecule has 21 heavy (non-hydrogen) atoms. The third-order valence-electron chi connectivity index (χ3n) is 4.37. The molecule has 0 saturated carbocycles. The third kappa shape index (κ3) is 3.66. The van der Waals surface area contributed by atoms with Crippen molar-refractivity contribution in [2.45, 2.75) is 25.3 Å². The number of rotatable bonds is 5. The van der Waals surface area contributed by atoms with E-state index in [1.54, 1.807) is 0 Å². The molecule has 1 saturated heterocycles. The Morgan fingerprint density at radius 2 is 1.48 bits per heavy atom. The molecule has 1 aliphatic heterocycles. The lowest BCUT2D eigenvalue weighted by molar-refractivity contribution is 0.260. The van der Waals surface area contributed by atoms with Crippen LogP contribution >= 0.6 is 11.6 Å². The molecule has 1 heterocycles. The minimum Gasteiger partial charge on any atom is -0.299 e. The van der Waals surface area contributed by atoms with Gasteiger partial charge in [-0.1, -0.05) is 54.6 Å². The molecule has 110 valence electrons. The van der Waals surface area contributed by atoms with E-state index in [0.717, 1.165) is 12.3 Å². The molecule has 0 spiro atoms. The van der Waals surface area contributed by atoms with Crippen molar-refractivity contribution in [3.8, 4) is 11.1 Å². The first kappa shape index (κ1) is 14.6. The van der Waals surface area contributed by atoms with E-state index in [1.807, 2.05) is 0 Å². The predicted octanol–water partition coefficient (Wildman–Crippen LogP) is 4.60. The second-order valence-corrected chi connectivity index (χ2v) is 6.13. The van der Waals surface area contributed by atoms with Gasteiger partial charge in [-0.05, 0) is 49.0 Å². The Balaban J connectivity index is 1.69. The van der Waals surface area contributed by atoms with Gasteiger partial charge >= 0.3 is 0 Å². The summed E-state index contributed by atoms with van der Waals surface area (Å²) in [5, 5.41) is 0. The third-order valence-corrected chi connectivity index (χ3v) is 4.72. The van der Waals surface area contributed by atoms with Gasteiger partial charge in [0.2, 0.25) is 0 Å². The molecule has 0 aliphatic carbocycles. The van der Waals surface area contributed by atoms with Crippen LogP contribution in [0.15, 0.2) is 54.6 Å². The van der Waals surface area contributed by atoms with Gasteiger partial charge in [-0.25, -0.2) is 0 Å². The normalized spacial score (nSPS) is 17.0. The zero-order valence-electron chi connectivity index (χ0n) is 12.3. The van der Waals surface area contributed by atoms with Gasteiger partial charge in [-0.2, -0.15) is 0 Å². The number of halogens is 1. The van der Waals surface area contributed by atoms with Gasteiger partial charge in [0.15, 0.2) is 0 Å². The fourth-order valence-corrected chi connectivity index (χ4v) is 3.43. The summed E-state index contributed by atoms with van der Waals surface area (Å²) in [6.45, 7) is 2.42. The van der Waals surface area contributed by atoms with Crippen LogP contribution in [0.4, 0.5) is 0 Å². The second-order valence-electron chi connectivity index (χ2n) is 5.82. The van der Waals surface area contributed by atoms with Crippen LogP contribution in [0.1, 0.15) is 18.4 Å². The van der Waals surface area contributed by atoms with E-state index in [1.165, 1.54) is 42.6 Å². The summed E-state index contributed by atoms with van der Waals surface area (Å²) in [4.78, 5) is 2.54. The molecule has 0 aromatic heterocycles. The molecule has 0 radical (unpaired) electrons. The maximum absolute atomic E-state index is 6.18. The van der Waals surface area contributed by atoms with Crippen LogP contribution in [-0.4, -0.2) is 29.9 Å². The smallest absolute Gasteiger partial charge is 0.0382 e. The van der Waals surface area contributed by atoms with Crippen molar-refractivity contribution < 1.29 is 0 Å². The second kappa shape index (κ2) is 7.11. The number of alkyl halides is 1. The van der Waals surface area contributed by atoms with Crippen molar-refractivity contribution in [2.24, 2.45) is 0 Å². The van der Waals surface area contributed by atoms with Crippen LogP contribution in [0.5, 0.6) is 0 Å². The van der Waals surface area contributed by atoms with Gasteiger partial charge < -0.3 is 0 Å². The Morgan fingerprint density at radius 1 is 0.857 bits per heavy atom. The highest BCUT2D eigenvalue weighted by Gasteiger charge is 2.21. The van der Waals surface area contributed by atoms with Gasteiger partial charge in [0.25, 0.3) is 0 Å². The molecule has 2 aromatic rings. The van der Waals surface area contributed by atoms with E-state index in [9.17, 15) is 0 Å². The monoisotopic (exact) mass is 299 g/mol. The van der Waals surface area contributed by atoms with Crippen LogP contribution in [-0.2, 0) is 6.42 Å². The van der Waals surface area contributed by atoms with Crippen LogP contribution in [0, 0.1) is 0 Å². The number of nitrogens with zero attached hydrogens (tertiary/aromatic N) is 1. The van der Waals surface area contributed by atoms with Crippen molar-refractivity contribution >= 4 is 11.6 Å². The molecule has 1 nitrogen and oxygen atoms in total. The molecule has 2 heteroatoms. The standard InChI is InChI=1S/C19H22ClN/c20-15-19(21-12-4-5-13-21)14-16-8-10-18(11-9-16)17-6-2-1-3-7-17/h1-3,6-11,19H,4-5,12-15H2/t19-/m1/s1. The zero-order chi connectivity index (χ0) is 14.5. The molecule has 1 aliphatic rings. The minimum atomic E-state index is 0.483. The SMILES string of the molecule is ClC[C@@H](Cc1ccc(-c2ccccc2)cc1)N1CCCC1. The van der Waals surface area contributed by atoms with Gasteiger partial charge in [-0.3, -0.25) is 4.90 Å². The van der Waals surface area contributed by atoms with Crippen molar-refractivity contribution in [1.82, 2.24) is 4.90 Å². The summed E-state index contributed by atoms with van der Waals surface area (Å²) in [6, 6.07) is 20.0. The van der Waals surface area contributed by atoms with E-state index in [0.29, 0.717) is 6.04 Å². The van der Waals surface area contributed by atoms with Gasteiger partial charge in [0.1, 0.15) is 0 Å². The predicted molar refractivity (Wildman–Crippen MR) is 90.9 cm³/mol. The van der Waals surface area contributed by atoms with Gasteiger partial charge in [0.05, 0.1) is 0 Å². The van der Waals surface area contributed by atoms with E-state index in [2.05, 4.69) is 59.5 Å². The minimum absolute atomic E-state index is 0.483. The number of likely N-dealkylation sites (tertiary alicyclic amines) is 1. The average Bonchev–Trinajstić information content (AvgIpc) is 3.08. The van der Waals surface area contributed by atoms with Gasteiger partial charge in [0, 0.05) is 11.9 Å². The van der Waals surface area contributed by atoms with Crippen LogP contribution in [0.3, 0.4) is 0 Å². The first-order chi connectivity index (χ1) is 10.4. The molecule has 0 N–H and O–H groups in total. The first-order valence-corrected chi connectivity index (χ1v) is 8.34. The fraction of sp³-hybridized carbons (Fsp3) is 0.368. The maximum Gasteiger partial charge on any atom is 0.0382 e. The summed E-state index contributed by atoms with van der Waals surface area (Å²) in [7, 11) is 0. The van der Waals surface area contributed by atoms with E-state index in [-0.39, 0.29) is 0 Å². The Bertz CT molecular complexity index is 544. The molecule has 1 fully saturated rings. The Morgan fingerprint density at radius 3 is 2.10 bits per heavy atom. The lowest BCUT2D eigenvalue weighted by Crippen LogP contribution is -2.35. The average molecular weight is 300 g/mol. The first-order valence-electron chi connectivity index (χ1n) is 7.81. The largest absolute Gasteiger partial charge is 0.299 e. The van der Waals surface area contributed by atoms with Gasteiger partial charge in [-0.15, -0.1) is 11.6 Å². The maximum atomic E-state index is 6.18. The summed E-state index contributed by atoms with van der Waals surface area (Å²) >= 11 is 6.18. The molecular formula is C19H22ClN. The van der Waals surface area contributed by atoms with Crippen molar-refractivity contribution in [2.75, 3.05) is 19.0 Å². The van der Waals surface area contributed by atoms with Crippen molar-refractivity contribution in [3.63, 3.8) is 0 Å². The Kier molecular flexibility index (Phi) is 4.95. The molecule has 3 rings (SSSR count). The zero-order valence-corrected chi connectivity index (χ0v) is 13.1. The highest BCUT2D eigenvalue weighted by atomic mass is 35.5. The van der Waals surface area contributed by atoms with Crippen molar-refractivity contribution in [1.29, 1.82) is 0 Å². The van der Waals surface area contributed by atoms with E-state index < -0.39 is 0 Å². The quantitative estimate of drug-likeness (QED) is 0.729. The summed E-state index contributed by atoms with van der Waals surface area (Å²) < 4.78 is 0. The molecule has 1 atom stereocenters. The van der Waals surface area contributed by atoms with Crippen LogP contribution < -0.4 is 0 Å². The molecular weight excluding hydrogens is 278 g/mol. The topological polar surface area (TPSA) is 3.24 Å². The molecule has 0 amide bonds. The molecule has 0 bridgehead atoms. The Hall–Kier alpha value is -1.31. The fourth-order valence-electron chi connectivity index (χ4n) is 3.12. The lowest BCUT2D eigenvalue weighted by atomic mass is 10.0. The molecule has 0 unspecified atom stereocenters. The highest BCUT2D eigenvalue weighted by Crippen LogP contribution is 2.21. The summed E-state index contributed by atoms with van der Waals surface area (Å²) in [6.07, 6.45) is 3.69. The van der Waals surface area contributed by atoms with Crippen LogP contribution in [0.25, 0.3) is 11.1 Å². The Labute approximate surface area is 132 Å². The van der Waals surface area contributed by atoms with E-state index >= 15 is 0 Å². The number of hydrogen-bond acceptors (Lipinski definition) is 1. The summed E-state index contributed by atoms with van der Waals surface area (Å²) in [5.74, 6) is 0.723. The molecule has 2 aromatic carbocycles. The highest BCUT2D eigenvalue weighted by molar-refractivity contribution is 6.18. The number of benzene rings is 2. The number of hydrogen-bond donors (Lipinski definition) is 0. The summed E-state index contributed by atoms with van der Waals surface area (Å²) in [5.41, 5.74) is 3.94. The van der Waals surface area contributed by atoms with Crippen molar-refractivity contribution in [3.05, 3.63) is 60.2 Å². The van der Waals surface area contributed by atoms with Crippen LogP contribution in [0.2, 0.25) is 0 Å². The van der Waals surface area contributed by atoms with E-state index in [4.69, 9.17) is 11.6 Å².